The van der Waals surface area contributed by atoms with Crippen molar-refractivity contribution in [2.24, 2.45) is 0 Å². The summed E-state index contributed by atoms with van der Waals surface area (Å²) in [6, 6.07) is 12.6. The zero-order chi connectivity index (χ0) is 19.2. The summed E-state index contributed by atoms with van der Waals surface area (Å²) in [6.07, 6.45) is 2.63. The van der Waals surface area contributed by atoms with Gasteiger partial charge in [-0.3, -0.25) is 9.59 Å². The van der Waals surface area contributed by atoms with Crippen LogP contribution in [0.25, 0.3) is 0 Å². The maximum atomic E-state index is 12.6. The van der Waals surface area contributed by atoms with Gasteiger partial charge in [0.25, 0.3) is 5.91 Å². The number of amides is 2. The van der Waals surface area contributed by atoms with Gasteiger partial charge in [0.05, 0.1) is 14.2 Å². The van der Waals surface area contributed by atoms with Gasteiger partial charge in [0.15, 0.2) is 0 Å². The van der Waals surface area contributed by atoms with Crippen LogP contribution in [0.15, 0.2) is 42.5 Å². The topological polar surface area (TPSA) is 67.9 Å². The number of anilines is 1. The SMILES string of the molecule is COc1cc(OC)cc(C(=O)Nc2cccc(CN3CCCCC3=O)c2)c1. The van der Waals surface area contributed by atoms with E-state index in [4.69, 9.17) is 9.47 Å². The number of benzene rings is 2. The summed E-state index contributed by atoms with van der Waals surface area (Å²) < 4.78 is 10.4. The number of ether oxygens (including phenoxy) is 2. The first-order valence-corrected chi connectivity index (χ1v) is 9.00. The van der Waals surface area contributed by atoms with E-state index in [0.717, 1.165) is 24.9 Å². The van der Waals surface area contributed by atoms with Crippen LogP contribution in [0.3, 0.4) is 0 Å². The van der Waals surface area contributed by atoms with E-state index in [1.54, 1.807) is 32.4 Å². The van der Waals surface area contributed by atoms with Crippen molar-refractivity contribution in [2.75, 3.05) is 26.1 Å². The molecule has 1 saturated heterocycles. The van der Waals surface area contributed by atoms with E-state index in [-0.39, 0.29) is 11.8 Å². The quantitative estimate of drug-likeness (QED) is 0.848. The largest absolute Gasteiger partial charge is 0.497 e. The molecule has 0 spiro atoms. The molecule has 1 fully saturated rings. The summed E-state index contributed by atoms with van der Waals surface area (Å²) in [5.41, 5.74) is 2.12. The monoisotopic (exact) mass is 368 g/mol. The molecule has 2 amide bonds. The second-order valence-electron chi connectivity index (χ2n) is 6.53. The van der Waals surface area contributed by atoms with E-state index in [1.165, 1.54) is 0 Å². The van der Waals surface area contributed by atoms with Gasteiger partial charge in [-0.05, 0) is 42.7 Å². The fraction of sp³-hybridized carbons (Fsp3) is 0.333. The Bertz CT molecular complexity index is 812. The molecule has 0 radical (unpaired) electrons. The summed E-state index contributed by atoms with van der Waals surface area (Å²) in [6.45, 7) is 1.36. The zero-order valence-electron chi connectivity index (χ0n) is 15.7. The Balaban J connectivity index is 1.72. The van der Waals surface area contributed by atoms with Gasteiger partial charge in [-0.1, -0.05) is 12.1 Å². The Morgan fingerprint density at radius 3 is 2.48 bits per heavy atom. The van der Waals surface area contributed by atoms with Crippen molar-refractivity contribution in [2.45, 2.75) is 25.8 Å². The van der Waals surface area contributed by atoms with Crippen LogP contribution in [0.2, 0.25) is 0 Å². The van der Waals surface area contributed by atoms with Crippen LogP contribution in [0.4, 0.5) is 5.69 Å². The van der Waals surface area contributed by atoms with Crippen molar-refractivity contribution >= 4 is 17.5 Å². The predicted octanol–water partition coefficient (Wildman–Crippen LogP) is 3.47. The smallest absolute Gasteiger partial charge is 0.255 e. The Hall–Kier alpha value is -3.02. The lowest BCUT2D eigenvalue weighted by Gasteiger charge is -2.26. The molecule has 0 unspecified atom stereocenters. The second-order valence-corrected chi connectivity index (χ2v) is 6.53. The number of nitrogens with one attached hydrogen (secondary N) is 1. The minimum Gasteiger partial charge on any atom is -0.497 e. The third-order valence-corrected chi connectivity index (χ3v) is 4.59. The van der Waals surface area contributed by atoms with Gasteiger partial charge in [-0.2, -0.15) is 0 Å². The van der Waals surface area contributed by atoms with Crippen LogP contribution >= 0.6 is 0 Å². The van der Waals surface area contributed by atoms with Crippen LogP contribution in [-0.4, -0.2) is 37.5 Å². The molecule has 6 nitrogen and oxygen atoms in total. The highest BCUT2D eigenvalue weighted by molar-refractivity contribution is 6.04. The minimum absolute atomic E-state index is 0.194. The highest BCUT2D eigenvalue weighted by Crippen LogP contribution is 2.24. The molecule has 0 bridgehead atoms. The van der Waals surface area contributed by atoms with Gasteiger partial charge in [0.1, 0.15) is 11.5 Å². The number of likely N-dealkylation sites (tertiary alicyclic amines) is 1. The summed E-state index contributed by atoms with van der Waals surface area (Å²) in [5.74, 6) is 1.05. The van der Waals surface area contributed by atoms with Gasteiger partial charge < -0.3 is 19.7 Å². The lowest BCUT2D eigenvalue weighted by molar-refractivity contribution is -0.133. The molecular weight excluding hydrogens is 344 g/mol. The molecule has 6 heteroatoms. The van der Waals surface area contributed by atoms with E-state index in [9.17, 15) is 9.59 Å². The molecular formula is C21H24N2O4. The van der Waals surface area contributed by atoms with Gasteiger partial charge in [-0.25, -0.2) is 0 Å². The summed E-state index contributed by atoms with van der Waals surface area (Å²) in [7, 11) is 3.09. The Labute approximate surface area is 159 Å². The van der Waals surface area contributed by atoms with Crippen molar-refractivity contribution < 1.29 is 19.1 Å². The predicted molar refractivity (Wildman–Crippen MR) is 103 cm³/mol. The number of piperidine rings is 1. The second kappa shape index (κ2) is 8.58. The normalized spacial score (nSPS) is 14.0. The van der Waals surface area contributed by atoms with E-state index < -0.39 is 0 Å². The summed E-state index contributed by atoms with van der Waals surface area (Å²) >= 11 is 0. The number of carbonyl (C=O) groups is 2. The van der Waals surface area contributed by atoms with E-state index >= 15 is 0 Å². The molecule has 0 atom stereocenters. The molecule has 1 N–H and O–H groups in total. The van der Waals surface area contributed by atoms with Crippen molar-refractivity contribution in [3.05, 3.63) is 53.6 Å². The maximum Gasteiger partial charge on any atom is 0.255 e. The molecule has 0 aliphatic carbocycles. The average molecular weight is 368 g/mol. The zero-order valence-corrected chi connectivity index (χ0v) is 15.7. The van der Waals surface area contributed by atoms with Crippen LogP contribution in [0.5, 0.6) is 11.5 Å². The average Bonchev–Trinajstić information content (AvgIpc) is 2.69. The molecule has 1 aliphatic heterocycles. The minimum atomic E-state index is -0.251. The molecule has 2 aromatic carbocycles. The first-order chi connectivity index (χ1) is 13.1. The third kappa shape index (κ3) is 4.78. The van der Waals surface area contributed by atoms with Crippen LogP contribution in [-0.2, 0) is 11.3 Å². The lowest BCUT2D eigenvalue weighted by atomic mass is 10.1. The Morgan fingerprint density at radius 1 is 1.07 bits per heavy atom. The van der Waals surface area contributed by atoms with Crippen LogP contribution in [0, 0.1) is 0 Å². The number of rotatable bonds is 6. The molecule has 0 saturated carbocycles. The van der Waals surface area contributed by atoms with Crippen molar-refractivity contribution in [3.8, 4) is 11.5 Å². The summed E-state index contributed by atoms with van der Waals surface area (Å²) in [5, 5.41) is 2.90. The van der Waals surface area contributed by atoms with Crippen LogP contribution in [0.1, 0.15) is 35.2 Å². The standard InChI is InChI=1S/C21H24N2O4/c1-26-18-11-16(12-19(13-18)27-2)21(25)22-17-7-5-6-15(10-17)14-23-9-4-3-8-20(23)24/h5-7,10-13H,3-4,8-9,14H2,1-2H3,(H,22,25). The van der Waals surface area contributed by atoms with Crippen molar-refractivity contribution in [1.82, 2.24) is 4.90 Å². The number of carbonyl (C=O) groups excluding carboxylic acids is 2. The Kier molecular flexibility index (Phi) is 5.96. The fourth-order valence-electron chi connectivity index (χ4n) is 3.14. The number of methoxy groups -OCH3 is 2. The highest BCUT2D eigenvalue weighted by Gasteiger charge is 2.18. The van der Waals surface area contributed by atoms with Gasteiger partial charge in [-0.15, -0.1) is 0 Å². The first kappa shape index (κ1) is 18.8. The molecule has 0 aromatic heterocycles. The Morgan fingerprint density at radius 2 is 1.81 bits per heavy atom. The van der Waals surface area contributed by atoms with Crippen LogP contribution < -0.4 is 14.8 Å². The lowest BCUT2D eigenvalue weighted by Crippen LogP contribution is -2.34. The number of hydrogen-bond acceptors (Lipinski definition) is 4. The molecule has 142 valence electrons. The summed E-state index contributed by atoms with van der Waals surface area (Å²) in [4.78, 5) is 26.5. The number of hydrogen-bond donors (Lipinski definition) is 1. The van der Waals surface area contributed by atoms with Crippen molar-refractivity contribution in [3.63, 3.8) is 0 Å². The fourth-order valence-corrected chi connectivity index (χ4v) is 3.14. The molecule has 3 rings (SSSR count). The van der Waals surface area contributed by atoms with Gasteiger partial charge >= 0.3 is 0 Å². The first-order valence-electron chi connectivity index (χ1n) is 9.00. The van der Waals surface area contributed by atoms with E-state index in [1.807, 2.05) is 29.2 Å². The molecule has 2 aromatic rings. The third-order valence-electron chi connectivity index (χ3n) is 4.59. The number of nitrogens with zero attached hydrogens (tertiary/aromatic N) is 1. The van der Waals surface area contributed by atoms with Gasteiger partial charge in [0.2, 0.25) is 5.91 Å². The molecule has 1 aliphatic rings. The van der Waals surface area contributed by atoms with Crippen molar-refractivity contribution in [1.29, 1.82) is 0 Å². The molecule has 1 heterocycles. The van der Waals surface area contributed by atoms with Gasteiger partial charge in [0, 0.05) is 36.8 Å². The maximum absolute atomic E-state index is 12.6. The highest BCUT2D eigenvalue weighted by atomic mass is 16.5. The molecule has 27 heavy (non-hydrogen) atoms. The van der Waals surface area contributed by atoms with E-state index in [2.05, 4.69) is 5.32 Å². The van der Waals surface area contributed by atoms with E-state index in [0.29, 0.717) is 35.7 Å².